The maximum atomic E-state index is 5.72. The van der Waals surface area contributed by atoms with Gasteiger partial charge in [0.25, 0.3) is 0 Å². The Kier molecular flexibility index (Phi) is 4.76. The lowest BCUT2D eigenvalue weighted by Crippen LogP contribution is -2.25. The topological polar surface area (TPSA) is 9.86 Å². The minimum absolute atomic E-state index is 0.0263. The van der Waals surface area contributed by atoms with Crippen molar-refractivity contribution in [1.82, 2.24) is 9.13 Å². The lowest BCUT2D eigenvalue weighted by molar-refractivity contribution is 0.389. The van der Waals surface area contributed by atoms with E-state index in [-0.39, 0.29) is 5.54 Å². The van der Waals surface area contributed by atoms with Crippen molar-refractivity contribution in [2.45, 2.75) is 26.3 Å². The molecule has 0 bridgehead atoms. The predicted octanol–water partition coefficient (Wildman–Crippen LogP) is 4.07. The Morgan fingerprint density at radius 3 is 1.67 bits per heavy atom. The van der Waals surface area contributed by atoms with Gasteiger partial charge in [0.05, 0.1) is 5.44 Å². The number of nitrogens with zero attached hydrogens (tertiary/aromatic N) is 2. The van der Waals surface area contributed by atoms with Crippen molar-refractivity contribution in [2.75, 3.05) is 0 Å². The minimum atomic E-state index is -0.634. The maximum absolute atomic E-state index is 5.72. The van der Waals surface area contributed by atoms with E-state index in [2.05, 4.69) is 104 Å². The van der Waals surface area contributed by atoms with Crippen molar-refractivity contribution in [3.8, 4) is 0 Å². The maximum Gasteiger partial charge on any atom is 0.180 e. The fourth-order valence-electron chi connectivity index (χ4n) is 2.77. The van der Waals surface area contributed by atoms with Gasteiger partial charge in [0, 0.05) is 26.7 Å². The van der Waals surface area contributed by atoms with E-state index in [0.29, 0.717) is 0 Å². The van der Waals surface area contributed by atoms with Crippen LogP contribution in [0.2, 0.25) is 0 Å². The van der Waals surface area contributed by atoms with Crippen molar-refractivity contribution in [3.05, 3.63) is 71.6 Å². The van der Waals surface area contributed by atoms with Gasteiger partial charge in [-0.05, 0) is 43.6 Å². The van der Waals surface area contributed by atoms with Crippen LogP contribution in [0, 0.1) is 4.77 Å². The Morgan fingerprint density at radius 2 is 1.29 bits per heavy atom. The predicted molar refractivity (Wildman–Crippen MR) is 108 cm³/mol. The van der Waals surface area contributed by atoms with Gasteiger partial charge in [0.1, 0.15) is 0 Å². The molecule has 124 valence electrons. The van der Waals surface area contributed by atoms with E-state index >= 15 is 0 Å². The zero-order chi connectivity index (χ0) is 17.3. The second kappa shape index (κ2) is 6.66. The molecule has 0 aliphatic carbocycles. The summed E-state index contributed by atoms with van der Waals surface area (Å²) in [4.78, 5) is 0. The highest BCUT2D eigenvalue weighted by Gasteiger charge is 2.24. The first-order valence-corrected chi connectivity index (χ1v) is 9.83. The van der Waals surface area contributed by atoms with Crippen molar-refractivity contribution in [3.63, 3.8) is 0 Å². The number of hydrogen-bond donors (Lipinski definition) is 0. The fraction of sp³-hybridized carbons (Fsp3) is 0.250. The molecule has 0 saturated heterocycles. The quantitative estimate of drug-likeness (QED) is 0.509. The van der Waals surface area contributed by atoms with Crippen molar-refractivity contribution in [2.24, 2.45) is 7.05 Å². The van der Waals surface area contributed by atoms with Crippen LogP contribution in [0.4, 0.5) is 0 Å². The number of imidazole rings is 1. The van der Waals surface area contributed by atoms with Crippen LogP contribution in [0.3, 0.4) is 0 Å². The first-order chi connectivity index (χ1) is 11.4. The van der Waals surface area contributed by atoms with Gasteiger partial charge in [-0.15, -0.1) is 0 Å². The molecule has 24 heavy (non-hydrogen) atoms. The lowest BCUT2D eigenvalue weighted by Gasteiger charge is -2.21. The Labute approximate surface area is 150 Å². The number of benzene rings is 2. The Bertz CT molecular complexity index is 834. The Balaban J connectivity index is 2.23. The summed E-state index contributed by atoms with van der Waals surface area (Å²) in [5.41, 5.74) is 1.25. The molecule has 0 saturated carbocycles. The van der Waals surface area contributed by atoms with E-state index in [1.165, 1.54) is 16.0 Å². The SMILES string of the molecule is Cn1c(P(c2ccccc2)c2ccccc2)cn(C(C)(C)C)c1=S. The molecular formula is C20H23N2PS. The number of aromatic nitrogens is 2. The van der Waals surface area contributed by atoms with Crippen LogP contribution in [0.1, 0.15) is 20.8 Å². The first kappa shape index (κ1) is 17.1. The van der Waals surface area contributed by atoms with Gasteiger partial charge in [-0.25, -0.2) is 0 Å². The summed E-state index contributed by atoms with van der Waals surface area (Å²) in [6.07, 6.45) is 2.24. The van der Waals surface area contributed by atoms with Crippen LogP contribution in [0.25, 0.3) is 0 Å². The van der Waals surface area contributed by atoms with Gasteiger partial charge in [-0.3, -0.25) is 0 Å². The smallest absolute Gasteiger partial charge is 0.180 e. The molecule has 2 nitrogen and oxygen atoms in total. The third kappa shape index (κ3) is 3.24. The van der Waals surface area contributed by atoms with Gasteiger partial charge >= 0.3 is 0 Å². The van der Waals surface area contributed by atoms with Crippen LogP contribution in [0.5, 0.6) is 0 Å². The van der Waals surface area contributed by atoms with Gasteiger partial charge in [-0.1, -0.05) is 60.7 Å². The van der Waals surface area contributed by atoms with Gasteiger partial charge in [0.2, 0.25) is 0 Å². The molecule has 2 aromatic carbocycles. The van der Waals surface area contributed by atoms with Crippen LogP contribution in [0.15, 0.2) is 66.9 Å². The molecule has 3 aromatic rings. The van der Waals surface area contributed by atoms with Gasteiger partial charge < -0.3 is 9.13 Å². The van der Waals surface area contributed by atoms with Crippen molar-refractivity contribution < 1.29 is 0 Å². The van der Waals surface area contributed by atoms with E-state index < -0.39 is 7.92 Å². The molecule has 0 aliphatic rings. The van der Waals surface area contributed by atoms with Gasteiger partial charge in [-0.2, -0.15) is 0 Å². The Morgan fingerprint density at radius 1 is 0.833 bits per heavy atom. The highest BCUT2D eigenvalue weighted by atomic mass is 32.1. The summed E-state index contributed by atoms with van der Waals surface area (Å²) in [5, 5.41) is 2.69. The number of hydrogen-bond acceptors (Lipinski definition) is 1. The van der Waals surface area contributed by atoms with E-state index in [0.717, 1.165) is 4.77 Å². The fourth-order valence-corrected chi connectivity index (χ4v) is 5.66. The summed E-state index contributed by atoms with van der Waals surface area (Å²) in [7, 11) is 1.45. The molecule has 3 rings (SSSR count). The van der Waals surface area contributed by atoms with E-state index in [4.69, 9.17) is 12.2 Å². The molecular weight excluding hydrogens is 331 g/mol. The first-order valence-electron chi connectivity index (χ1n) is 8.08. The molecule has 0 spiro atoms. The molecule has 4 heteroatoms. The molecule has 0 atom stereocenters. The van der Waals surface area contributed by atoms with Crippen LogP contribution >= 0.6 is 20.1 Å². The number of rotatable bonds is 3. The molecule has 0 amide bonds. The zero-order valence-electron chi connectivity index (χ0n) is 14.6. The summed E-state index contributed by atoms with van der Waals surface area (Å²) in [6, 6.07) is 21.5. The Hall–Kier alpha value is -1.70. The standard InChI is InChI=1S/C20H23N2PS/c1-20(2,3)22-15-18(21(4)19(22)24)23(16-11-7-5-8-12-16)17-13-9-6-10-14-17/h5-15H,1-4H3. The summed E-state index contributed by atoms with van der Waals surface area (Å²) in [6.45, 7) is 6.58. The zero-order valence-corrected chi connectivity index (χ0v) is 16.3. The average molecular weight is 354 g/mol. The van der Waals surface area contributed by atoms with E-state index in [1.54, 1.807) is 0 Å². The highest BCUT2D eigenvalue weighted by molar-refractivity contribution is 7.79. The third-order valence-corrected chi connectivity index (χ3v) is 7.04. The molecule has 0 N–H and O–H groups in total. The van der Waals surface area contributed by atoms with Gasteiger partial charge in [0.15, 0.2) is 4.77 Å². The van der Waals surface area contributed by atoms with Crippen molar-refractivity contribution >= 4 is 36.2 Å². The monoisotopic (exact) mass is 354 g/mol. The summed E-state index contributed by atoms with van der Waals surface area (Å²) >= 11 is 5.72. The van der Waals surface area contributed by atoms with E-state index in [9.17, 15) is 0 Å². The molecule has 0 aliphatic heterocycles. The van der Waals surface area contributed by atoms with Crippen LogP contribution < -0.4 is 16.0 Å². The molecule has 0 unspecified atom stereocenters. The largest absolute Gasteiger partial charge is 0.319 e. The summed E-state index contributed by atoms with van der Waals surface area (Å²) < 4.78 is 5.25. The normalized spacial score (nSPS) is 11.9. The highest BCUT2D eigenvalue weighted by Crippen LogP contribution is 2.33. The average Bonchev–Trinajstić information content (AvgIpc) is 2.86. The molecule has 0 fully saturated rings. The molecule has 1 aromatic heterocycles. The van der Waals surface area contributed by atoms with Crippen molar-refractivity contribution in [1.29, 1.82) is 0 Å². The second-order valence-electron chi connectivity index (χ2n) is 6.88. The van der Waals surface area contributed by atoms with Crippen LogP contribution in [-0.4, -0.2) is 9.13 Å². The van der Waals surface area contributed by atoms with E-state index in [1.807, 2.05) is 0 Å². The molecule has 0 radical (unpaired) electrons. The summed E-state index contributed by atoms with van der Waals surface area (Å²) in [5.74, 6) is 0. The molecule has 1 heterocycles. The lowest BCUT2D eigenvalue weighted by atomic mass is 10.1. The minimum Gasteiger partial charge on any atom is -0.319 e. The van der Waals surface area contributed by atoms with Crippen LogP contribution in [-0.2, 0) is 12.6 Å². The third-order valence-electron chi connectivity index (χ3n) is 4.06. The second-order valence-corrected chi connectivity index (χ2v) is 9.40.